The summed E-state index contributed by atoms with van der Waals surface area (Å²) in [6.45, 7) is 7.85. The van der Waals surface area contributed by atoms with E-state index >= 15 is 0 Å². The van der Waals surface area contributed by atoms with Gasteiger partial charge < -0.3 is 14.4 Å². The smallest absolute Gasteiger partial charge is 0.410 e. The molecular weight excluding hydrogens is 321 g/mol. The normalized spacial score (nSPS) is 26.0. The lowest BCUT2D eigenvalue weighted by Crippen LogP contribution is -2.50. The first-order valence-electron chi connectivity index (χ1n) is 9.11. The molecule has 2 fully saturated rings. The fourth-order valence-corrected chi connectivity index (χ4v) is 3.93. The second-order valence-electron chi connectivity index (χ2n) is 8.21. The zero-order chi connectivity index (χ0) is 18.2. The number of rotatable bonds is 3. The van der Waals surface area contributed by atoms with Gasteiger partial charge in [0.25, 0.3) is 0 Å². The summed E-state index contributed by atoms with van der Waals surface area (Å²) in [4.78, 5) is 14.4. The largest absolute Gasteiger partial charge is 0.444 e. The van der Waals surface area contributed by atoms with Crippen molar-refractivity contribution >= 4 is 6.09 Å². The number of hydrogen-bond acceptors (Lipinski definition) is 3. The van der Waals surface area contributed by atoms with Crippen LogP contribution in [0.4, 0.5) is 9.18 Å². The van der Waals surface area contributed by atoms with Crippen molar-refractivity contribution in [2.75, 3.05) is 0 Å². The van der Waals surface area contributed by atoms with Gasteiger partial charge in [0.2, 0.25) is 0 Å². The molecule has 3 rings (SSSR count). The molecule has 4 nitrogen and oxygen atoms in total. The minimum atomic E-state index is -0.480. The van der Waals surface area contributed by atoms with E-state index in [2.05, 4.69) is 0 Å². The third-order valence-corrected chi connectivity index (χ3v) is 5.11. The minimum Gasteiger partial charge on any atom is -0.444 e. The molecule has 0 aromatic heterocycles. The van der Waals surface area contributed by atoms with Crippen LogP contribution in [0.15, 0.2) is 18.2 Å². The standard InChI is InChI=1S/C20H28FNO3/c1-13-6-5-7-18(21)17(13)12-24-16-10-14-8-9-15(11-16)22(14)19(23)25-20(2,3)4/h5-7,14-16H,8-12H2,1-4H3. The fourth-order valence-electron chi connectivity index (χ4n) is 3.93. The van der Waals surface area contributed by atoms with Crippen molar-refractivity contribution in [1.82, 2.24) is 4.90 Å². The Balaban J connectivity index is 1.59. The first-order valence-corrected chi connectivity index (χ1v) is 9.11. The van der Waals surface area contributed by atoms with Crippen LogP contribution in [0.1, 0.15) is 57.6 Å². The Morgan fingerprint density at radius 2 is 1.88 bits per heavy atom. The van der Waals surface area contributed by atoms with Crippen LogP contribution in [0.25, 0.3) is 0 Å². The molecule has 0 spiro atoms. The monoisotopic (exact) mass is 349 g/mol. The lowest BCUT2D eigenvalue weighted by molar-refractivity contribution is -0.0402. The van der Waals surface area contributed by atoms with Crippen LogP contribution in [0.3, 0.4) is 0 Å². The van der Waals surface area contributed by atoms with Gasteiger partial charge >= 0.3 is 6.09 Å². The number of hydrogen-bond donors (Lipinski definition) is 0. The van der Waals surface area contributed by atoms with Crippen molar-refractivity contribution in [3.05, 3.63) is 35.1 Å². The van der Waals surface area contributed by atoms with E-state index in [0.29, 0.717) is 5.56 Å². The van der Waals surface area contributed by atoms with Gasteiger partial charge in [0.15, 0.2) is 0 Å². The van der Waals surface area contributed by atoms with Crippen LogP contribution in [0.5, 0.6) is 0 Å². The molecule has 1 aromatic carbocycles. The molecule has 2 saturated heterocycles. The summed E-state index contributed by atoms with van der Waals surface area (Å²) in [5, 5.41) is 0. The van der Waals surface area contributed by atoms with E-state index in [9.17, 15) is 9.18 Å². The number of amides is 1. The SMILES string of the molecule is Cc1cccc(F)c1COC1CC2CCC(C1)N2C(=O)OC(C)(C)C. The first kappa shape index (κ1) is 18.2. The lowest BCUT2D eigenvalue weighted by Gasteiger charge is -2.39. The molecular formula is C20H28FNO3. The van der Waals surface area contributed by atoms with Gasteiger partial charge in [-0.25, -0.2) is 9.18 Å². The molecule has 0 radical (unpaired) electrons. The zero-order valence-corrected chi connectivity index (χ0v) is 15.5. The number of ether oxygens (including phenoxy) is 2. The minimum absolute atomic E-state index is 0.0650. The molecule has 1 aromatic rings. The van der Waals surface area contributed by atoms with Crippen molar-refractivity contribution in [2.45, 2.75) is 83.8 Å². The summed E-state index contributed by atoms with van der Waals surface area (Å²) in [5.74, 6) is -0.214. The van der Waals surface area contributed by atoms with Crippen molar-refractivity contribution in [1.29, 1.82) is 0 Å². The average molecular weight is 349 g/mol. The van der Waals surface area contributed by atoms with E-state index in [1.165, 1.54) is 6.07 Å². The third-order valence-electron chi connectivity index (χ3n) is 5.11. The highest BCUT2D eigenvalue weighted by molar-refractivity contribution is 5.69. The summed E-state index contributed by atoms with van der Waals surface area (Å²) in [5.41, 5.74) is 1.06. The van der Waals surface area contributed by atoms with Gasteiger partial charge in [-0.3, -0.25) is 0 Å². The number of carbonyl (C=O) groups excluding carboxylic acids is 1. The maximum Gasteiger partial charge on any atom is 0.410 e. The Hall–Kier alpha value is -1.62. The van der Waals surface area contributed by atoms with E-state index in [4.69, 9.17) is 9.47 Å². The molecule has 2 bridgehead atoms. The highest BCUT2D eigenvalue weighted by atomic mass is 19.1. The number of halogens is 1. The molecule has 2 aliphatic rings. The van der Waals surface area contributed by atoms with Crippen molar-refractivity contribution in [2.24, 2.45) is 0 Å². The second kappa shape index (κ2) is 6.94. The predicted molar refractivity (Wildman–Crippen MR) is 93.8 cm³/mol. The molecule has 2 aliphatic heterocycles. The van der Waals surface area contributed by atoms with Gasteiger partial charge in [-0.2, -0.15) is 0 Å². The summed E-state index contributed by atoms with van der Waals surface area (Å²) in [7, 11) is 0. The topological polar surface area (TPSA) is 38.8 Å². The lowest BCUT2D eigenvalue weighted by atomic mass is 10.00. The quantitative estimate of drug-likeness (QED) is 0.802. The zero-order valence-electron chi connectivity index (χ0n) is 15.5. The van der Waals surface area contributed by atoms with Crippen LogP contribution < -0.4 is 0 Å². The molecule has 0 saturated carbocycles. The van der Waals surface area contributed by atoms with Crippen LogP contribution in [-0.2, 0) is 16.1 Å². The highest BCUT2D eigenvalue weighted by Gasteiger charge is 2.45. The van der Waals surface area contributed by atoms with Crippen molar-refractivity contribution in [3.63, 3.8) is 0 Å². The van der Waals surface area contributed by atoms with Crippen LogP contribution in [0.2, 0.25) is 0 Å². The van der Waals surface area contributed by atoms with E-state index in [-0.39, 0.29) is 36.7 Å². The number of nitrogens with zero attached hydrogens (tertiary/aromatic N) is 1. The van der Waals surface area contributed by atoms with E-state index in [1.807, 2.05) is 38.7 Å². The number of aryl methyl sites for hydroxylation is 1. The van der Waals surface area contributed by atoms with Crippen molar-refractivity contribution in [3.8, 4) is 0 Å². The summed E-state index contributed by atoms with van der Waals surface area (Å²) >= 11 is 0. The van der Waals surface area contributed by atoms with Crippen LogP contribution >= 0.6 is 0 Å². The first-order chi connectivity index (χ1) is 11.7. The van der Waals surface area contributed by atoms with Gasteiger partial charge in [0.1, 0.15) is 11.4 Å². The number of fused-ring (bicyclic) bond motifs is 2. The van der Waals surface area contributed by atoms with E-state index in [0.717, 1.165) is 31.2 Å². The van der Waals surface area contributed by atoms with Gasteiger partial charge in [-0.05, 0) is 65.0 Å². The Bertz CT molecular complexity index is 606. The predicted octanol–water partition coefficient (Wildman–Crippen LogP) is 4.58. The van der Waals surface area contributed by atoms with E-state index < -0.39 is 5.60 Å². The van der Waals surface area contributed by atoms with Gasteiger partial charge in [0, 0.05) is 17.6 Å². The molecule has 25 heavy (non-hydrogen) atoms. The Labute approximate surface area is 149 Å². The molecule has 2 unspecified atom stereocenters. The Morgan fingerprint density at radius 1 is 1.24 bits per heavy atom. The molecule has 2 atom stereocenters. The summed E-state index contributed by atoms with van der Waals surface area (Å²) in [6.07, 6.45) is 3.41. The number of carbonyl (C=O) groups is 1. The van der Waals surface area contributed by atoms with Crippen LogP contribution in [-0.4, -0.2) is 34.8 Å². The summed E-state index contributed by atoms with van der Waals surface area (Å²) < 4.78 is 25.5. The Kier molecular flexibility index (Phi) is 5.05. The van der Waals surface area contributed by atoms with Crippen LogP contribution in [0, 0.1) is 12.7 Å². The van der Waals surface area contributed by atoms with E-state index in [1.54, 1.807) is 6.07 Å². The average Bonchev–Trinajstić information content (AvgIpc) is 2.76. The Morgan fingerprint density at radius 3 is 2.44 bits per heavy atom. The number of piperidine rings is 1. The highest BCUT2D eigenvalue weighted by Crippen LogP contribution is 2.38. The fraction of sp³-hybridized carbons (Fsp3) is 0.650. The van der Waals surface area contributed by atoms with Gasteiger partial charge in [0.05, 0.1) is 12.7 Å². The van der Waals surface area contributed by atoms with Gasteiger partial charge in [-0.1, -0.05) is 12.1 Å². The van der Waals surface area contributed by atoms with Crippen molar-refractivity contribution < 1.29 is 18.7 Å². The molecule has 138 valence electrons. The molecule has 1 amide bonds. The summed E-state index contributed by atoms with van der Waals surface area (Å²) in [6, 6.07) is 5.42. The maximum atomic E-state index is 13.9. The molecule has 0 aliphatic carbocycles. The molecule has 5 heteroatoms. The second-order valence-corrected chi connectivity index (χ2v) is 8.21. The molecule has 2 heterocycles. The number of benzene rings is 1. The molecule has 0 N–H and O–H groups in total. The third kappa shape index (κ3) is 4.14. The van der Waals surface area contributed by atoms with Gasteiger partial charge in [-0.15, -0.1) is 0 Å². The maximum absolute atomic E-state index is 13.9.